The highest BCUT2D eigenvalue weighted by Gasteiger charge is 2.47. The van der Waals surface area contributed by atoms with E-state index in [1.54, 1.807) is 30.3 Å². The number of halogens is 5. The molecule has 0 bridgehead atoms. The fraction of sp³-hybridized carbons (Fsp3) is 0.231. The minimum absolute atomic E-state index is 0.0270. The maximum Gasteiger partial charge on any atom is 0.524 e. The van der Waals surface area contributed by atoms with E-state index in [0.717, 1.165) is 0 Å². The summed E-state index contributed by atoms with van der Waals surface area (Å²) >= 11 is 12.1. The second kappa shape index (κ2) is 5.31. The lowest BCUT2D eigenvalue weighted by Gasteiger charge is -2.34. The highest BCUT2D eigenvalue weighted by atomic mass is 35.5. The van der Waals surface area contributed by atoms with E-state index >= 15 is 0 Å². The Labute approximate surface area is 123 Å². The van der Waals surface area contributed by atoms with Crippen LogP contribution in [-0.4, -0.2) is 11.4 Å². The summed E-state index contributed by atoms with van der Waals surface area (Å²) in [5.74, 6) is 0. The lowest BCUT2D eigenvalue weighted by atomic mass is 9.92. The van der Waals surface area contributed by atoms with Crippen molar-refractivity contribution in [3.8, 4) is 0 Å². The van der Waals surface area contributed by atoms with Crippen LogP contribution in [0.5, 0.6) is 0 Å². The fourth-order valence-electron chi connectivity index (χ4n) is 2.04. The van der Waals surface area contributed by atoms with Crippen LogP contribution in [0.15, 0.2) is 47.1 Å². The Morgan fingerprint density at radius 2 is 1.80 bits per heavy atom. The van der Waals surface area contributed by atoms with Crippen molar-refractivity contribution in [2.75, 3.05) is 0 Å². The molecule has 108 valence electrons. The molecule has 20 heavy (non-hydrogen) atoms. The lowest BCUT2D eigenvalue weighted by Crippen LogP contribution is -2.37. The predicted octanol–water partition coefficient (Wildman–Crippen LogP) is 4.35. The summed E-state index contributed by atoms with van der Waals surface area (Å²) in [5.41, 5.74) is 6.18. The molecule has 0 fully saturated rings. The van der Waals surface area contributed by atoms with Crippen molar-refractivity contribution < 1.29 is 17.9 Å². The molecular weight excluding hydrogens is 314 g/mol. The normalized spacial score (nSPS) is 23.8. The topological polar surface area (TPSA) is 35.2 Å². The van der Waals surface area contributed by atoms with E-state index in [0.29, 0.717) is 5.56 Å². The zero-order chi connectivity index (χ0) is 15.0. The number of ether oxygens (including phenoxy) is 1. The van der Waals surface area contributed by atoms with Crippen LogP contribution >= 0.6 is 23.2 Å². The minimum atomic E-state index is -4.91. The van der Waals surface area contributed by atoms with E-state index in [-0.39, 0.29) is 22.7 Å². The fourth-order valence-corrected chi connectivity index (χ4v) is 2.95. The van der Waals surface area contributed by atoms with Gasteiger partial charge in [-0.3, -0.25) is 4.74 Å². The van der Waals surface area contributed by atoms with Gasteiger partial charge in [0, 0.05) is 17.7 Å². The second-order valence-corrected chi connectivity index (χ2v) is 5.28. The highest BCUT2D eigenvalue weighted by molar-refractivity contribution is 6.39. The SMILES string of the molecule is NC1=CC(Cl)=C(c2ccccc2)C(Cl)(OC(F)(F)F)C1. The predicted molar refractivity (Wildman–Crippen MR) is 71.8 cm³/mol. The molecule has 1 aliphatic rings. The van der Waals surface area contributed by atoms with Gasteiger partial charge in [0.05, 0.1) is 5.03 Å². The molecule has 0 heterocycles. The Morgan fingerprint density at radius 1 is 1.20 bits per heavy atom. The first-order valence-corrected chi connectivity index (χ1v) is 6.34. The number of rotatable bonds is 2. The number of benzene rings is 1. The average molecular weight is 324 g/mol. The van der Waals surface area contributed by atoms with Crippen LogP contribution in [0.3, 0.4) is 0 Å². The molecule has 0 saturated heterocycles. The summed E-state index contributed by atoms with van der Waals surface area (Å²) in [5, 5.41) is -2.14. The first kappa shape index (κ1) is 15.2. The Hall–Kier alpha value is -1.17. The zero-order valence-electron chi connectivity index (χ0n) is 10.0. The standard InChI is InChI=1S/C13H10Cl2F3NO/c14-10-6-9(19)7-12(15,20-13(16,17)18)11(10)8-4-2-1-3-5-8/h1-6H,7,19H2. The lowest BCUT2D eigenvalue weighted by molar-refractivity contribution is -0.342. The molecule has 7 heteroatoms. The number of allylic oxidation sites excluding steroid dienone is 2. The third-order valence-corrected chi connectivity index (χ3v) is 3.39. The molecule has 1 unspecified atom stereocenters. The van der Waals surface area contributed by atoms with E-state index in [9.17, 15) is 13.2 Å². The average Bonchev–Trinajstić information content (AvgIpc) is 2.25. The van der Waals surface area contributed by atoms with Crippen molar-refractivity contribution in [1.29, 1.82) is 0 Å². The number of hydrogen-bond acceptors (Lipinski definition) is 2. The van der Waals surface area contributed by atoms with Crippen molar-refractivity contribution in [3.05, 3.63) is 52.7 Å². The van der Waals surface area contributed by atoms with Gasteiger partial charge in [0.2, 0.25) is 0 Å². The van der Waals surface area contributed by atoms with Gasteiger partial charge in [0.25, 0.3) is 0 Å². The molecule has 1 aromatic carbocycles. The molecule has 2 nitrogen and oxygen atoms in total. The second-order valence-electron chi connectivity index (χ2n) is 4.26. The zero-order valence-corrected chi connectivity index (χ0v) is 11.6. The summed E-state index contributed by atoms with van der Waals surface area (Å²) in [4.78, 5) is 0. The van der Waals surface area contributed by atoms with E-state index < -0.39 is 11.4 Å². The molecule has 0 spiro atoms. The summed E-state index contributed by atoms with van der Waals surface area (Å²) < 4.78 is 41.9. The van der Waals surface area contributed by atoms with Crippen LogP contribution in [0.25, 0.3) is 5.57 Å². The van der Waals surface area contributed by atoms with Crippen molar-refractivity contribution in [3.63, 3.8) is 0 Å². The summed E-state index contributed by atoms with van der Waals surface area (Å²) in [7, 11) is 0. The molecule has 1 aromatic rings. The summed E-state index contributed by atoms with van der Waals surface area (Å²) in [6.45, 7) is 0. The first-order valence-electron chi connectivity index (χ1n) is 5.59. The third kappa shape index (κ3) is 3.29. The van der Waals surface area contributed by atoms with Crippen LogP contribution in [0.1, 0.15) is 12.0 Å². The molecule has 0 amide bonds. The summed E-state index contributed by atoms with van der Waals surface area (Å²) in [6, 6.07) is 8.26. The minimum Gasteiger partial charge on any atom is -0.402 e. The van der Waals surface area contributed by atoms with Crippen molar-refractivity contribution in [2.45, 2.75) is 17.8 Å². The Bertz CT molecular complexity index is 569. The van der Waals surface area contributed by atoms with E-state index in [1.807, 2.05) is 0 Å². The molecular formula is C13H10Cl2F3NO. The molecule has 1 atom stereocenters. The Kier molecular flexibility index (Phi) is 4.04. The first-order chi connectivity index (χ1) is 9.21. The van der Waals surface area contributed by atoms with Crippen LogP contribution in [-0.2, 0) is 4.74 Å². The largest absolute Gasteiger partial charge is 0.524 e. The van der Waals surface area contributed by atoms with Crippen molar-refractivity contribution >= 4 is 28.8 Å². The van der Waals surface area contributed by atoms with E-state index in [2.05, 4.69) is 4.74 Å². The summed E-state index contributed by atoms with van der Waals surface area (Å²) in [6.07, 6.45) is -3.84. The van der Waals surface area contributed by atoms with Gasteiger partial charge in [-0.2, -0.15) is 0 Å². The van der Waals surface area contributed by atoms with E-state index in [4.69, 9.17) is 28.9 Å². The smallest absolute Gasteiger partial charge is 0.402 e. The van der Waals surface area contributed by atoms with Gasteiger partial charge >= 0.3 is 6.36 Å². The van der Waals surface area contributed by atoms with E-state index in [1.165, 1.54) is 6.08 Å². The highest BCUT2D eigenvalue weighted by Crippen LogP contribution is 2.47. The molecule has 0 saturated carbocycles. The van der Waals surface area contributed by atoms with Crippen LogP contribution in [0, 0.1) is 0 Å². The van der Waals surface area contributed by atoms with Gasteiger partial charge in [-0.05, 0) is 11.6 Å². The van der Waals surface area contributed by atoms with Gasteiger partial charge in [-0.25, -0.2) is 0 Å². The molecule has 2 N–H and O–H groups in total. The molecule has 2 rings (SSSR count). The maximum atomic E-state index is 12.6. The third-order valence-electron chi connectivity index (χ3n) is 2.70. The van der Waals surface area contributed by atoms with Gasteiger partial charge in [-0.1, -0.05) is 53.5 Å². The van der Waals surface area contributed by atoms with Gasteiger partial charge in [-0.15, -0.1) is 13.2 Å². The quantitative estimate of drug-likeness (QED) is 0.821. The molecule has 0 aliphatic heterocycles. The number of alkyl halides is 4. The van der Waals surface area contributed by atoms with Crippen LogP contribution in [0.4, 0.5) is 13.2 Å². The van der Waals surface area contributed by atoms with Crippen molar-refractivity contribution in [2.24, 2.45) is 5.73 Å². The Morgan fingerprint density at radius 3 is 2.35 bits per heavy atom. The van der Waals surface area contributed by atoms with Crippen molar-refractivity contribution in [1.82, 2.24) is 0 Å². The molecule has 0 radical (unpaired) electrons. The van der Waals surface area contributed by atoms with Gasteiger partial charge in [0.1, 0.15) is 0 Å². The Balaban J connectivity index is 2.54. The molecule has 1 aliphatic carbocycles. The van der Waals surface area contributed by atoms with Gasteiger partial charge < -0.3 is 5.73 Å². The van der Waals surface area contributed by atoms with Gasteiger partial charge in [0.15, 0.2) is 5.06 Å². The number of hydrogen-bond donors (Lipinski definition) is 1. The number of nitrogens with two attached hydrogens (primary N) is 1. The molecule has 0 aromatic heterocycles. The van der Waals surface area contributed by atoms with Crippen LogP contribution < -0.4 is 5.73 Å². The van der Waals surface area contributed by atoms with Crippen LogP contribution in [0.2, 0.25) is 0 Å². The maximum absolute atomic E-state index is 12.6. The monoisotopic (exact) mass is 323 g/mol.